The molecule has 2 heterocycles. The van der Waals surface area contributed by atoms with Crippen molar-refractivity contribution in [2.75, 3.05) is 13.2 Å². The molecule has 106 valence electrons. The summed E-state index contributed by atoms with van der Waals surface area (Å²) in [5, 5.41) is 0. The molecule has 0 saturated carbocycles. The molecule has 0 N–H and O–H groups in total. The maximum atomic E-state index is 12.6. The second kappa shape index (κ2) is 4.81. The van der Waals surface area contributed by atoms with Crippen molar-refractivity contribution in [3.8, 4) is 17.2 Å². The van der Waals surface area contributed by atoms with Crippen LogP contribution in [0.4, 0.5) is 0 Å². The maximum Gasteiger partial charge on any atom is 0.206 e. The van der Waals surface area contributed by atoms with Crippen LogP contribution in [0.15, 0.2) is 42.5 Å². The number of rotatable bonds is 2. The van der Waals surface area contributed by atoms with Gasteiger partial charge in [-0.2, -0.15) is 0 Å². The van der Waals surface area contributed by atoms with E-state index in [1.807, 2.05) is 36.4 Å². The van der Waals surface area contributed by atoms with Gasteiger partial charge < -0.3 is 14.2 Å². The number of carbonyl (C=O) groups is 1. The van der Waals surface area contributed by atoms with Crippen LogP contribution in [0.25, 0.3) is 0 Å². The molecule has 0 amide bonds. The number of ketones is 1. The molecular weight excluding hydrogens is 268 g/mol. The lowest BCUT2D eigenvalue weighted by molar-refractivity contribution is 0.0586. The van der Waals surface area contributed by atoms with E-state index in [4.69, 9.17) is 14.2 Å². The summed E-state index contributed by atoms with van der Waals surface area (Å²) >= 11 is 0. The Labute approximate surface area is 122 Å². The van der Waals surface area contributed by atoms with Gasteiger partial charge in [-0.25, -0.2) is 0 Å². The Morgan fingerprint density at radius 1 is 1.00 bits per heavy atom. The van der Waals surface area contributed by atoms with Gasteiger partial charge in [0.2, 0.25) is 5.78 Å². The standard InChI is InChI=1S/C17H14O4/c18-17(12-5-6-13-11(9-12)7-8-19-13)16-10-20-14-3-1-2-4-15(14)21-16/h1-6,9,16H,7-8,10H2. The third-order valence-electron chi connectivity index (χ3n) is 3.78. The second-order valence-corrected chi connectivity index (χ2v) is 5.15. The smallest absolute Gasteiger partial charge is 0.206 e. The van der Waals surface area contributed by atoms with Crippen LogP contribution < -0.4 is 14.2 Å². The van der Waals surface area contributed by atoms with Gasteiger partial charge in [-0.05, 0) is 35.9 Å². The second-order valence-electron chi connectivity index (χ2n) is 5.15. The van der Waals surface area contributed by atoms with Gasteiger partial charge >= 0.3 is 0 Å². The number of hydrogen-bond acceptors (Lipinski definition) is 4. The average molecular weight is 282 g/mol. The highest BCUT2D eigenvalue weighted by atomic mass is 16.6. The lowest BCUT2D eigenvalue weighted by Crippen LogP contribution is -2.36. The molecule has 0 aliphatic carbocycles. The summed E-state index contributed by atoms with van der Waals surface area (Å²) in [4.78, 5) is 12.6. The molecule has 4 rings (SSSR count). The average Bonchev–Trinajstić information content (AvgIpc) is 3.01. The monoisotopic (exact) mass is 282 g/mol. The first-order valence-electron chi connectivity index (χ1n) is 7.00. The van der Waals surface area contributed by atoms with Gasteiger partial charge in [0.25, 0.3) is 0 Å². The van der Waals surface area contributed by atoms with E-state index >= 15 is 0 Å². The fraction of sp³-hybridized carbons (Fsp3) is 0.235. The van der Waals surface area contributed by atoms with Gasteiger partial charge in [-0.1, -0.05) is 12.1 Å². The molecule has 0 aromatic heterocycles. The first-order valence-corrected chi connectivity index (χ1v) is 7.00. The van der Waals surface area contributed by atoms with Crippen molar-refractivity contribution in [1.29, 1.82) is 0 Å². The topological polar surface area (TPSA) is 44.8 Å². The minimum atomic E-state index is -0.597. The molecule has 1 unspecified atom stereocenters. The lowest BCUT2D eigenvalue weighted by atomic mass is 10.0. The van der Waals surface area contributed by atoms with E-state index in [1.54, 1.807) is 6.07 Å². The minimum Gasteiger partial charge on any atom is -0.493 e. The molecule has 2 aliphatic rings. The van der Waals surface area contributed by atoms with E-state index in [0.29, 0.717) is 23.7 Å². The number of hydrogen-bond donors (Lipinski definition) is 0. The number of carbonyl (C=O) groups excluding carboxylic acids is 1. The molecule has 0 radical (unpaired) electrons. The van der Waals surface area contributed by atoms with Crippen molar-refractivity contribution < 1.29 is 19.0 Å². The predicted molar refractivity (Wildman–Crippen MR) is 76.3 cm³/mol. The fourth-order valence-electron chi connectivity index (χ4n) is 2.67. The summed E-state index contributed by atoms with van der Waals surface area (Å²) in [5.74, 6) is 2.12. The van der Waals surface area contributed by atoms with E-state index in [0.717, 1.165) is 17.7 Å². The van der Waals surface area contributed by atoms with E-state index < -0.39 is 6.10 Å². The number of fused-ring (bicyclic) bond motifs is 2. The first-order chi connectivity index (χ1) is 10.3. The number of benzene rings is 2. The number of Topliss-reactive ketones (excluding diaryl/α,β-unsaturated/α-hetero) is 1. The Morgan fingerprint density at radius 3 is 2.76 bits per heavy atom. The summed E-state index contributed by atoms with van der Waals surface area (Å²) in [6, 6.07) is 12.9. The number of para-hydroxylation sites is 2. The molecule has 2 aromatic carbocycles. The zero-order chi connectivity index (χ0) is 14.2. The Kier molecular flexibility index (Phi) is 2.81. The van der Waals surface area contributed by atoms with E-state index in [9.17, 15) is 4.79 Å². The van der Waals surface area contributed by atoms with E-state index in [-0.39, 0.29) is 12.4 Å². The Balaban J connectivity index is 1.59. The Hall–Kier alpha value is -2.49. The summed E-state index contributed by atoms with van der Waals surface area (Å²) in [7, 11) is 0. The van der Waals surface area contributed by atoms with Gasteiger partial charge in [-0.3, -0.25) is 4.79 Å². The van der Waals surface area contributed by atoms with Crippen LogP contribution in [-0.4, -0.2) is 25.1 Å². The molecule has 0 fully saturated rings. The van der Waals surface area contributed by atoms with Crippen LogP contribution in [-0.2, 0) is 6.42 Å². The van der Waals surface area contributed by atoms with Crippen molar-refractivity contribution in [2.45, 2.75) is 12.5 Å². The molecule has 2 aromatic rings. The third kappa shape index (κ3) is 2.13. The quantitative estimate of drug-likeness (QED) is 0.794. The number of ether oxygens (including phenoxy) is 3. The van der Waals surface area contributed by atoms with Crippen LogP contribution in [0.5, 0.6) is 17.2 Å². The Bertz CT molecular complexity index is 708. The highest BCUT2D eigenvalue weighted by Gasteiger charge is 2.28. The SMILES string of the molecule is O=C(c1ccc2c(c1)CCO2)C1COc2ccccc2O1. The van der Waals surface area contributed by atoms with Crippen molar-refractivity contribution in [3.05, 3.63) is 53.6 Å². The zero-order valence-electron chi connectivity index (χ0n) is 11.4. The van der Waals surface area contributed by atoms with Crippen molar-refractivity contribution in [2.24, 2.45) is 0 Å². The van der Waals surface area contributed by atoms with Crippen LogP contribution in [0, 0.1) is 0 Å². The van der Waals surface area contributed by atoms with Crippen LogP contribution in [0.1, 0.15) is 15.9 Å². The van der Waals surface area contributed by atoms with Crippen molar-refractivity contribution >= 4 is 5.78 Å². The first kappa shape index (κ1) is 12.3. The summed E-state index contributed by atoms with van der Waals surface area (Å²) in [5.41, 5.74) is 1.73. The van der Waals surface area contributed by atoms with Crippen LogP contribution in [0.2, 0.25) is 0 Å². The zero-order valence-corrected chi connectivity index (χ0v) is 11.4. The third-order valence-corrected chi connectivity index (χ3v) is 3.78. The molecular formula is C17H14O4. The molecule has 0 saturated heterocycles. The summed E-state index contributed by atoms with van der Waals surface area (Å²) in [6.07, 6.45) is 0.252. The van der Waals surface area contributed by atoms with Gasteiger partial charge in [-0.15, -0.1) is 0 Å². The van der Waals surface area contributed by atoms with Crippen LogP contribution >= 0.6 is 0 Å². The molecule has 4 heteroatoms. The highest BCUT2D eigenvalue weighted by molar-refractivity contribution is 6.00. The highest BCUT2D eigenvalue weighted by Crippen LogP contribution is 2.32. The maximum absolute atomic E-state index is 12.6. The Morgan fingerprint density at radius 2 is 1.86 bits per heavy atom. The molecule has 4 nitrogen and oxygen atoms in total. The van der Waals surface area contributed by atoms with Gasteiger partial charge in [0, 0.05) is 12.0 Å². The van der Waals surface area contributed by atoms with Crippen molar-refractivity contribution in [1.82, 2.24) is 0 Å². The minimum absolute atomic E-state index is 0.0563. The van der Waals surface area contributed by atoms with Gasteiger partial charge in [0.05, 0.1) is 6.61 Å². The fourth-order valence-corrected chi connectivity index (χ4v) is 2.67. The molecule has 21 heavy (non-hydrogen) atoms. The molecule has 0 spiro atoms. The lowest BCUT2D eigenvalue weighted by Gasteiger charge is -2.25. The predicted octanol–water partition coefficient (Wildman–Crippen LogP) is 2.64. The van der Waals surface area contributed by atoms with Crippen LogP contribution in [0.3, 0.4) is 0 Å². The summed E-state index contributed by atoms with van der Waals surface area (Å²) in [6.45, 7) is 0.923. The molecule has 0 bridgehead atoms. The van der Waals surface area contributed by atoms with Gasteiger partial charge in [0.1, 0.15) is 12.4 Å². The van der Waals surface area contributed by atoms with Crippen molar-refractivity contribution in [3.63, 3.8) is 0 Å². The normalized spacial score (nSPS) is 18.8. The van der Waals surface area contributed by atoms with E-state index in [1.165, 1.54) is 0 Å². The van der Waals surface area contributed by atoms with Gasteiger partial charge in [0.15, 0.2) is 17.6 Å². The van der Waals surface area contributed by atoms with E-state index in [2.05, 4.69) is 0 Å². The molecule has 1 atom stereocenters. The largest absolute Gasteiger partial charge is 0.493 e. The summed E-state index contributed by atoms with van der Waals surface area (Å²) < 4.78 is 16.8. The molecule has 2 aliphatic heterocycles.